The minimum absolute atomic E-state index is 0.123. The highest BCUT2D eigenvalue weighted by Gasteiger charge is 2.09. The molecule has 1 aromatic rings. The Morgan fingerprint density at radius 1 is 1.58 bits per heavy atom. The average molecular weight is 172 g/mol. The molecular weight excluding hydrogens is 166 g/mol. The molecule has 1 rings (SSSR count). The summed E-state index contributed by atoms with van der Waals surface area (Å²) in [4.78, 5) is 14.4. The summed E-state index contributed by atoms with van der Waals surface area (Å²) in [5.74, 6) is -0.821. The van der Waals surface area contributed by atoms with Crippen LogP contribution in [0.3, 0.4) is 0 Å². The number of alkyl halides is 2. The first-order valence-corrected chi connectivity index (χ1v) is 3.19. The molecule has 0 bridgehead atoms. The summed E-state index contributed by atoms with van der Waals surface area (Å²) in [7, 11) is 0. The normalized spacial score (nSPS) is 9.92. The van der Waals surface area contributed by atoms with E-state index < -0.39 is 12.5 Å². The van der Waals surface area contributed by atoms with Gasteiger partial charge < -0.3 is 0 Å². The fourth-order valence-electron chi connectivity index (χ4n) is 0.680. The van der Waals surface area contributed by atoms with Crippen molar-refractivity contribution in [2.75, 3.05) is 0 Å². The van der Waals surface area contributed by atoms with Crippen molar-refractivity contribution in [3.63, 3.8) is 0 Å². The average Bonchev–Trinajstić information content (AvgIpc) is 2.05. The van der Waals surface area contributed by atoms with E-state index in [0.29, 0.717) is 0 Å². The molecule has 0 aliphatic heterocycles. The van der Waals surface area contributed by atoms with Crippen molar-refractivity contribution in [3.8, 4) is 0 Å². The molecule has 1 heterocycles. The summed E-state index contributed by atoms with van der Waals surface area (Å²) in [6.45, 7) is -2.84. The zero-order valence-corrected chi connectivity index (χ0v) is 6.00. The van der Waals surface area contributed by atoms with Crippen molar-refractivity contribution < 1.29 is 13.6 Å². The summed E-state index contributed by atoms with van der Waals surface area (Å²) in [5, 5.41) is 1.45. The third kappa shape index (κ3) is 2.26. The Balaban J connectivity index is 2.66. The van der Waals surface area contributed by atoms with Crippen LogP contribution in [0.5, 0.6) is 0 Å². The van der Waals surface area contributed by atoms with E-state index in [1.165, 1.54) is 29.8 Å². The molecule has 1 amide bonds. The lowest BCUT2D eigenvalue weighted by molar-refractivity contribution is 0.0699. The topological polar surface area (TPSA) is 42.0 Å². The second kappa shape index (κ2) is 3.75. The zero-order chi connectivity index (χ0) is 8.97. The highest BCUT2D eigenvalue weighted by atomic mass is 19.3. The minimum Gasteiger partial charge on any atom is -0.296 e. The summed E-state index contributed by atoms with van der Waals surface area (Å²) in [5.41, 5.74) is 0.123. The van der Waals surface area contributed by atoms with Gasteiger partial charge in [-0.1, -0.05) is 0 Å². The Labute approximate surface area is 67.4 Å². The monoisotopic (exact) mass is 172 g/mol. The number of aromatic nitrogens is 1. The highest BCUT2D eigenvalue weighted by molar-refractivity contribution is 5.93. The summed E-state index contributed by atoms with van der Waals surface area (Å²) in [6.07, 6.45) is 2.68. The van der Waals surface area contributed by atoms with Crippen LogP contribution >= 0.6 is 0 Å². The molecule has 1 aromatic heterocycles. The van der Waals surface area contributed by atoms with E-state index in [2.05, 4.69) is 4.98 Å². The first-order valence-electron chi connectivity index (χ1n) is 3.19. The van der Waals surface area contributed by atoms with Crippen LogP contribution < -0.4 is 5.32 Å². The van der Waals surface area contributed by atoms with Crippen molar-refractivity contribution >= 4 is 5.91 Å². The lowest BCUT2D eigenvalue weighted by Crippen LogP contribution is -2.28. The minimum atomic E-state index is -2.84. The van der Waals surface area contributed by atoms with Crippen molar-refractivity contribution in [1.29, 1.82) is 0 Å². The van der Waals surface area contributed by atoms with Crippen LogP contribution in [0.25, 0.3) is 0 Å². The Kier molecular flexibility index (Phi) is 2.68. The van der Waals surface area contributed by atoms with Gasteiger partial charge in [0.15, 0.2) is 0 Å². The smallest absolute Gasteiger partial charge is 0.296 e. The lowest BCUT2D eigenvalue weighted by atomic mass is 10.3. The number of halogens is 2. The fourth-order valence-corrected chi connectivity index (χ4v) is 0.680. The van der Waals surface area contributed by atoms with Crippen molar-refractivity contribution in [3.05, 3.63) is 30.1 Å². The molecule has 0 unspecified atom stereocenters. The third-order valence-electron chi connectivity index (χ3n) is 1.16. The van der Waals surface area contributed by atoms with Crippen LogP contribution in [0.2, 0.25) is 0 Å². The van der Waals surface area contributed by atoms with Gasteiger partial charge >= 0.3 is 6.55 Å². The number of nitrogens with one attached hydrogen (secondary N) is 1. The molecule has 0 saturated carbocycles. The Bertz CT molecular complexity index is 263. The molecular formula is C7H6F2N2O. The van der Waals surface area contributed by atoms with Crippen LogP contribution in [0.15, 0.2) is 24.5 Å². The van der Waals surface area contributed by atoms with Gasteiger partial charge in [-0.3, -0.25) is 15.1 Å². The molecule has 5 heteroatoms. The maximum Gasteiger partial charge on any atom is 0.315 e. The van der Waals surface area contributed by atoms with Gasteiger partial charge in [-0.2, -0.15) is 8.78 Å². The molecule has 1 N–H and O–H groups in total. The van der Waals surface area contributed by atoms with Gasteiger partial charge in [-0.25, -0.2) is 0 Å². The molecule has 0 aliphatic rings. The number of amides is 1. The van der Waals surface area contributed by atoms with Gasteiger partial charge in [0.2, 0.25) is 0 Å². The zero-order valence-electron chi connectivity index (χ0n) is 6.00. The molecule has 0 atom stereocenters. The Morgan fingerprint density at radius 2 is 2.33 bits per heavy atom. The van der Waals surface area contributed by atoms with Gasteiger partial charge in [0.05, 0.1) is 5.56 Å². The quantitative estimate of drug-likeness (QED) is 0.677. The fraction of sp³-hybridized carbons (Fsp3) is 0.143. The standard InChI is InChI=1S/C7H6F2N2O/c8-7(9)11-6(12)5-2-1-3-10-4-5/h1-4,7H,(H,11,12). The number of rotatable bonds is 2. The molecule has 0 fully saturated rings. The molecule has 0 saturated heterocycles. The maximum absolute atomic E-state index is 11.6. The largest absolute Gasteiger partial charge is 0.315 e. The second-order valence-electron chi connectivity index (χ2n) is 2.02. The van der Waals surface area contributed by atoms with Crippen molar-refractivity contribution in [2.24, 2.45) is 0 Å². The first-order chi connectivity index (χ1) is 5.70. The van der Waals surface area contributed by atoms with Crippen LogP contribution in [0.4, 0.5) is 8.78 Å². The number of hydrogen-bond acceptors (Lipinski definition) is 2. The first kappa shape index (κ1) is 8.58. The molecule has 12 heavy (non-hydrogen) atoms. The van der Waals surface area contributed by atoms with Crippen LogP contribution in [0, 0.1) is 0 Å². The Morgan fingerprint density at radius 3 is 2.83 bits per heavy atom. The summed E-state index contributed by atoms with van der Waals surface area (Å²) >= 11 is 0. The lowest BCUT2D eigenvalue weighted by Gasteiger charge is -2.01. The molecule has 0 spiro atoms. The van der Waals surface area contributed by atoms with Crippen LogP contribution in [-0.2, 0) is 0 Å². The van der Waals surface area contributed by atoms with Crippen molar-refractivity contribution in [1.82, 2.24) is 10.3 Å². The molecule has 0 radical (unpaired) electrons. The number of pyridine rings is 1. The number of carbonyl (C=O) groups excluding carboxylic acids is 1. The number of nitrogens with zero attached hydrogens (tertiary/aromatic N) is 1. The van der Waals surface area contributed by atoms with E-state index >= 15 is 0 Å². The van der Waals surface area contributed by atoms with E-state index in [1.807, 2.05) is 0 Å². The van der Waals surface area contributed by atoms with Crippen LogP contribution in [0.1, 0.15) is 10.4 Å². The van der Waals surface area contributed by atoms with Gasteiger partial charge in [-0.15, -0.1) is 0 Å². The van der Waals surface area contributed by atoms with Gasteiger partial charge in [0, 0.05) is 12.4 Å². The number of carbonyl (C=O) groups is 1. The van der Waals surface area contributed by atoms with Crippen LogP contribution in [-0.4, -0.2) is 17.4 Å². The molecule has 0 aromatic carbocycles. The van der Waals surface area contributed by atoms with E-state index in [-0.39, 0.29) is 5.56 Å². The van der Waals surface area contributed by atoms with E-state index in [4.69, 9.17) is 0 Å². The van der Waals surface area contributed by atoms with Gasteiger partial charge in [0.25, 0.3) is 5.91 Å². The van der Waals surface area contributed by atoms with E-state index in [0.717, 1.165) is 0 Å². The predicted molar refractivity (Wildman–Crippen MR) is 37.7 cm³/mol. The molecule has 64 valence electrons. The predicted octanol–water partition coefficient (Wildman–Crippen LogP) is 1.03. The van der Waals surface area contributed by atoms with E-state index in [1.54, 1.807) is 0 Å². The maximum atomic E-state index is 11.6. The third-order valence-corrected chi connectivity index (χ3v) is 1.16. The number of hydrogen-bond donors (Lipinski definition) is 1. The Hall–Kier alpha value is -1.52. The van der Waals surface area contributed by atoms with E-state index in [9.17, 15) is 13.6 Å². The summed E-state index contributed by atoms with van der Waals surface area (Å²) < 4.78 is 23.2. The highest BCUT2D eigenvalue weighted by Crippen LogP contribution is 1.96. The van der Waals surface area contributed by atoms with Gasteiger partial charge in [0.1, 0.15) is 0 Å². The molecule has 3 nitrogen and oxygen atoms in total. The van der Waals surface area contributed by atoms with Gasteiger partial charge in [-0.05, 0) is 12.1 Å². The SMILES string of the molecule is O=C(NC(F)F)c1cccnc1. The summed E-state index contributed by atoms with van der Waals surface area (Å²) in [6, 6.07) is 2.91. The molecule has 0 aliphatic carbocycles. The second-order valence-corrected chi connectivity index (χ2v) is 2.02. The van der Waals surface area contributed by atoms with Crippen molar-refractivity contribution in [2.45, 2.75) is 6.55 Å².